The van der Waals surface area contributed by atoms with Crippen molar-refractivity contribution < 1.29 is 22.3 Å². The third-order valence-corrected chi connectivity index (χ3v) is 4.36. The van der Waals surface area contributed by atoms with Crippen LogP contribution in [0.15, 0.2) is 23.1 Å². The van der Waals surface area contributed by atoms with E-state index < -0.39 is 27.7 Å². The Morgan fingerprint density at radius 1 is 1.52 bits per heavy atom. The van der Waals surface area contributed by atoms with E-state index in [4.69, 9.17) is 14.7 Å². The molecule has 1 aliphatic heterocycles. The maximum atomic E-state index is 13.2. The highest BCUT2D eigenvalue weighted by Crippen LogP contribution is 2.22. The molecule has 8 heteroatoms. The minimum Gasteiger partial charge on any atom is -0.348 e. The molecule has 1 unspecified atom stereocenters. The fraction of sp³-hybridized carbons (Fsp3) is 0.462. The zero-order valence-corrected chi connectivity index (χ0v) is 12.4. The van der Waals surface area contributed by atoms with Gasteiger partial charge in [0.05, 0.1) is 23.2 Å². The molecule has 1 aromatic carbocycles. The van der Waals surface area contributed by atoms with Gasteiger partial charge in [0.15, 0.2) is 5.79 Å². The summed E-state index contributed by atoms with van der Waals surface area (Å²) in [6, 6.07) is 4.65. The maximum absolute atomic E-state index is 13.2. The minimum absolute atomic E-state index is 0.0328. The summed E-state index contributed by atoms with van der Waals surface area (Å²) >= 11 is 0. The molecule has 0 aliphatic carbocycles. The molecule has 1 fully saturated rings. The number of hydrogen-bond donors (Lipinski definition) is 1. The van der Waals surface area contributed by atoms with Gasteiger partial charge in [0.25, 0.3) is 0 Å². The Balaban J connectivity index is 2.08. The van der Waals surface area contributed by atoms with Crippen LogP contribution in [-0.4, -0.2) is 33.5 Å². The van der Waals surface area contributed by atoms with Crippen LogP contribution in [0, 0.1) is 17.1 Å². The molecular formula is C13H15FN2O4S. The van der Waals surface area contributed by atoms with Gasteiger partial charge in [-0.05, 0) is 32.0 Å². The molecule has 6 nitrogen and oxygen atoms in total. The van der Waals surface area contributed by atoms with Crippen LogP contribution in [0.25, 0.3) is 0 Å². The Kier molecular flexibility index (Phi) is 4.30. The van der Waals surface area contributed by atoms with Gasteiger partial charge < -0.3 is 9.47 Å². The van der Waals surface area contributed by atoms with Gasteiger partial charge in [-0.1, -0.05) is 0 Å². The first-order chi connectivity index (χ1) is 9.73. The molecule has 0 spiro atoms. The van der Waals surface area contributed by atoms with E-state index in [1.807, 2.05) is 0 Å². The van der Waals surface area contributed by atoms with Crippen molar-refractivity contribution in [2.45, 2.75) is 30.6 Å². The second-order valence-corrected chi connectivity index (χ2v) is 6.82. The van der Waals surface area contributed by atoms with Crippen molar-refractivity contribution in [2.75, 3.05) is 13.2 Å². The number of rotatable bonds is 4. The second kappa shape index (κ2) is 5.69. The van der Waals surface area contributed by atoms with Gasteiger partial charge in [0.1, 0.15) is 11.9 Å². The van der Waals surface area contributed by atoms with Crippen molar-refractivity contribution in [3.63, 3.8) is 0 Å². The summed E-state index contributed by atoms with van der Waals surface area (Å²) in [4.78, 5) is -0.168. The molecular weight excluding hydrogens is 299 g/mol. The first-order valence-electron chi connectivity index (χ1n) is 6.24. The standard InChI is InChI=1S/C13H15FN2O4S/c1-13(2)19-8-10(20-13)7-16-21(17,18)11-3-4-12(14)9(5-11)6-15/h3-5,10,16H,7-8H2,1-2H3. The monoisotopic (exact) mass is 314 g/mol. The van der Waals surface area contributed by atoms with Crippen LogP contribution in [0.4, 0.5) is 4.39 Å². The quantitative estimate of drug-likeness (QED) is 0.900. The largest absolute Gasteiger partial charge is 0.348 e. The van der Waals surface area contributed by atoms with Crippen LogP contribution in [0.1, 0.15) is 19.4 Å². The highest BCUT2D eigenvalue weighted by atomic mass is 32.2. The van der Waals surface area contributed by atoms with Gasteiger partial charge in [-0.2, -0.15) is 5.26 Å². The topological polar surface area (TPSA) is 88.4 Å². The molecule has 0 bridgehead atoms. The van der Waals surface area contributed by atoms with Crippen molar-refractivity contribution in [1.29, 1.82) is 5.26 Å². The number of nitriles is 1. The molecule has 1 heterocycles. The van der Waals surface area contributed by atoms with Gasteiger partial charge in [0.2, 0.25) is 10.0 Å². The van der Waals surface area contributed by atoms with E-state index in [1.165, 1.54) is 0 Å². The van der Waals surface area contributed by atoms with Crippen molar-refractivity contribution in [2.24, 2.45) is 0 Å². The lowest BCUT2D eigenvalue weighted by Crippen LogP contribution is -2.34. The molecule has 1 atom stereocenters. The van der Waals surface area contributed by atoms with Gasteiger partial charge in [-0.25, -0.2) is 17.5 Å². The van der Waals surface area contributed by atoms with E-state index in [0.29, 0.717) is 0 Å². The van der Waals surface area contributed by atoms with Gasteiger partial charge >= 0.3 is 0 Å². The first kappa shape index (κ1) is 15.9. The molecule has 1 aliphatic rings. The van der Waals surface area contributed by atoms with E-state index in [9.17, 15) is 12.8 Å². The van der Waals surface area contributed by atoms with Crippen LogP contribution in [0.5, 0.6) is 0 Å². The zero-order chi connectivity index (χ0) is 15.7. The Hall–Kier alpha value is -1.53. The van der Waals surface area contributed by atoms with Gasteiger partial charge in [-0.3, -0.25) is 0 Å². The molecule has 1 N–H and O–H groups in total. The van der Waals surface area contributed by atoms with E-state index in [-0.39, 0.29) is 23.6 Å². The van der Waals surface area contributed by atoms with Gasteiger partial charge in [0, 0.05) is 6.54 Å². The highest BCUT2D eigenvalue weighted by Gasteiger charge is 2.33. The molecule has 0 amide bonds. The Labute approximate surface area is 122 Å². The molecule has 1 saturated heterocycles. The van der Waals surface area contributed by atoms with Crippen LogP contribution in [-0.2, 0) is 19.5 Å². The SMILES string of the molecule is CC1(C)OCC(CNS(=O)(=O)c2ccc(F)c(C#N)c2)O1. The van der Waals surface area contributed by atoms with Crippen LogP contribution >= 0.6 is 0 Å². The molecule has 2 rings (SSSR count). The maximum Gasteiger partial charge on any atom is 0.240 e. The number of halogens is 1. The van der Waals surface area contributed by atoms with Crippen LogP contribution in [0.2, 0.25) is 0 Å². The van der Waals surface area contributed by atoms with Gasteiger partial charge in [-0.15, -0.1) is 0 Å². The van der Waals surface area contributed by atoms with E-state index in [2.05, 4.69) is 4.72 Å². The Bertz CT molecular complexity index is 682. The van der Waals surface area contributed by atoms with Crippen molar-refractivity contribution >= 4 is 10.0 Å². The molecule has 21 heavy (non-hydrogen) atoms. The van der Waals surface area contributed by atoms with Crippen LogP contribution in [0.3, 0.4) is 0 Å². The normalized spacial score (nSPS) is 21.1. The average Bonchev–Trinajstić information content (AvgIpc) is 2.76. The summed E-state index contributed by atoms with van der Waals surface area (Å²) in [5, 5.41) is 8.73. The highest BCUT2D eigenvalue weighted by molar-refractivity contribution is 7.89. The van der Waals surface area contributed by atoms with E-state index >= 15 is 0 Å². The van der Waals surface area contributed by atoms with E-state index in [1.54, 1.807) is 19.9 Å². The molecule has 0 aromatic heterocycles. The third kappa shape index (κ3) is 3.77. The summed E-state index contributed by atoms with van der Waals surface area (Å²) in [5.41, 5.74) is -0.320. The molecule has 0 radical (unpaired) electrons. The Morgan fingerprint density at radius 2 is 2.24 bits per heavy atom. The summed E-state index contributed by atoms with van der Waals surface area (Å²) < 4.78 is 50.6. The average molecular weight is 314 g/mol. The number of benzene rings is 1. The van der Waals surface area contributed by atoms with Crippen molar-refractivity contribution in [3.8, 4) is 6.07 Å². The lowest BCUT2D eigenvalue weighted by Gasteiger charge is -2.17. The first-order valence-corrected chi connectivity index (χ1v) is 7.73. The molecule has 1 aromatic rings. The summed E-state index contributed by atoms with van der Waals surface area (Å²) in [6.07, 6.45) is -0.398. The summed E-state index contributed by atoms with van der Waals surface area (Å²) in [6.45, 7) is 3.79. The number of sulfonamides is 1. The number of ether oxygens (including phenoxy) is 2. The predicted molar refractivity (Wildman–Crippen MR) is 71.2 cm³/mol. The van der Waals surface area contributed by atoms with Crippen molar-refractivity contribution in [3.05, 3.63) is 29.6 Å². The lowest BCUT2D eigenvalue weighted by atomic mass is 10.2. The zero-order valence-electron chi connectivity index (χ0n) is 11.6. The summed E-state index contributed by atoms with van der Waals surface area (Å²) in [5.74, 6) is -1.49. The smallest absolute Gasteiger partial charge is 0.240 e. The number of nitrogens with zero attached hydrogens (tertiary/aromatic N) is 1. The van der Waals surface area contributed by atoms with Crippen LogP contribution < -0.4 is 4.72 Å². The predicted octanol–water partition coefficient (Wildman–Crippen LogP) is 1.13. The number of nitrogens with one attached hydrogen (secondary N) is 1. The Morgan fingerprint density at radius 3 is 2.81 bits per heavy atom. The summed E-state index contributed by atoms with van der Waals surface area (Å²) in [7, 11) is -3.84. The lowest BCUT2D eigenvalue weighted by molar-refractivity contribution is -0.137. The van der Waals surface area contributed by atoms with E-state index in [0.717, 1.165) is 18.2 Å². The number of hydrogen-bond acceptors (Lipinski definition) is 5. The fourth-order valence-corrected chi connectivity index (χ4v) is 3.00. The third-order valence-electron chi connectivity index (χ3n) is 2.94. The van der Waals surface area contributed by atoms with Crippen molar-refractivity contribution in [1.82, 2.24) is 4.72 Å². The minimum atomic E-state index is -3.84. The molecule has 0 saturated carbocycles. The fourth-order valence-electron chi connectivity index (χ4n) is 1.91. The second-order valence-electron chi connectivity index (χ2n) is 5.06. The molecule has 114 valence electrons.